The third-order valence-corrected chi connectivity index (χ3v) is 6.16. The number of sulfone groups is 1. The van der Waals surface area contributed by atoms with Crippen molar-refractivity contribution in [3.63, 3.8) is 0 Å². The number of fused-ring (bicyclic) bond motifs is 1. The molecule has 0 bridgehead atoms. The number of benzene rings is 2. The Morgan fingerprint density at radius 1 is 1.08 bits per heavy atom. The number of rotatable bonds is 9. The Labute approximate surface area is 218 Å². The van der Waals surface area contributed by atoms with Crippen molar-refractivity contribution in [3.05, 3.63) is 71.0 Å². The molecular formula is C25H20Cl2N4O4S. The van der Waals surface area contributed by atoms with Gasteiger partial charge in [-0.15, -0.1) is 18.0 Å². The summed E-state index contributed by atoms with van der Waals surface area (Å²) in [5.74, 6) is 3.86. The first-order chi connectivity index (χ1) is 17.3. The maximum atomic E-state index is 11.5. The fourth-order valence-electron chi connectivity index (χ4n) is 3.46. The fraction of sp³-hybridized carbons (Fsp3) is 0.200. The lowest BCUT2D eigenvalue weighted by Gasteiger charge is -2.13. The summed E-state index contributed by atoms with van der Waals surface area (Å²) in [7, 11) is -3.24. The van der Waals surface area contributed by atoms with Gasteiger partial charge in [0, 0.05) is 29.5 Å². The van der Waals surface area contributed by atoms with Crippen LogP contribution in [0.15, 0.2) is 48.9 Å². The first-order valence-electron chi connectivity index (χ1n) is 10.6. The molecular weight excluding hydrogens is 523 g/mol. The lowest BCUT2D eigenvalue weighted by Crippen LogP contribution is -2.08. The number of alkyl halides is 1. The maximum Gasteiger partial charge on any atom is 0.154 e. The number of aromatic nitrogens is 4. The Bertz CT molecular complexity index is 1570. The van der Waals surface area contributed by atoms with Crippen LogP contribution in [0.25, 0.3) is 22.2 Å². The van der Waals surface area contributed by atoms with Crippen LogP contribution in [-0.2, 0) is 22.2 Å². The van der Waals surface area contributed by atoms with Crippen LogP contribution >= 0.6 is 23.2 Å². The van der Waals surface area contributed by atoms with Gasteiger partial charge >= 0.3 is 0 Å². The van der Waals surface area contributed by atoms with E-state index in [2.05, 4.69) is 25.9 Å². The van der Waals surface area contributed by atoms with Crippen molar-refractivity contribution in [2.24, 2.45) is 0 Å². The molecule has 0 spiro atoms. The van der Waals surface area contributed by atoms with Gasteiger partial charge in [0.15, 0.2) is 15.6 Å². The van der Waals surface area contributed by atoms with Crippen LogP contribution < -0.4 is 9.47 Å². The Hall–Kier alpha value is -3.45. The van der Waals surface area contributed by atoms with E-state index in [1.807, 2.05) is 6.07 Å². The number of hydrogen-bond acceptors (Lipinski definition) is 8. The van der Waals surface area contributed by atoms with Crippen molar-refractivity contribution >= 4 is 43.9 Å². The van der Waals surface area contributed by atoms with Crippen LogP contribution in [0.4, 0.5) is 0 Å². The first-order valence-corrected chi connectivity index (χ1v) is 13.6. The topological polar surface area (TPSA) is 104 Å². The zero-order valence-electron chi connectivity index (χ0n) is 19.1. The van der Waals surface area contributed by atoms with Gasteiger partial charge in [0.05, 0.1) is 33.4 Å². The van der Waals surface area contributed by atoms with E-state index in [9.17, 15) is 8.42 Å². The first kappa shape index (κ1) is 25.6. The van der Waals surface area contributed by atoms with Crippen molar-refractivity contribution in [1.82, 2.24) is 19.9 Å². The molecule has 8 nitrogen and oxygen atoms in total. The number of ether oxygens (including phenoxy) is 2. The molecule has 0 saturated heterocycles. The minimum atomic E-state index is -3.24. The van der Waals surface area contributed by atoms with Gasteiger partial charge in [0.2, 0.25) is 0 Å². The molecule has 36 heavy (non-hydrogen) atoms. The molecule has 0 atom stereocenters. The molecule has 0 fully saturated rings. The third kappa shape index (κ3) is 6.21. The minimum absolute atomic E-state index is 0.133. The van der Waals surface area contributed by atoms with E-state index in [0.29, 0.717) is 50.4 Å². The van der Waals surface area contributed by atoms with Gasteiger partial charge in [0.25, 0.3) is 0 Å². The van der Waals surface area contributed by atoms with Crippen molar-refractivity contribution in [1.29, 1.82) is 0 Å². The Balaban J connectivity index is 1.59. The second kappa shape index (κ2) is 11.1. The van der Waals surface area contributed by atoms with Crippen molar-refractivity contribution in [2.75, 3.05) is 18.7 Å². The molecule has 0 radical (unpaired) electrons. The van der Waals surface area contributed by atoms with Crippen molar-refractivity contribution < 1.29 is 17.9 Å². The monoisotopic (exact) mass is 542 g/mol. The minimum Gasteiger partial charge on any atom is -0.489 e. The van der Waals surface area contributed by atoms with Gasteiger partial charge in [-0.2, -0.15) is 0 Å². The summed E-state index contributed by atoms with van der Waals surface area (Å²) in [6, 6.07) is 10.6. The Morgan fingerprint density at radius 3 is 2.67 bits per heavy atom. The van der Waals surface area contributed by atoms with Crippen LogP contribution in [0.2, 0.25) is 5.02 Å². The molecule has 0 aliphatic heterocycles. The van der Waals surface area contributed by atoms with E-state index < -0.39 is 9.84 Å². The molecule has 2 heterocycles. The summed E-state index contributed by atoms with van der Waals surface area (Å²) in [5, 5.41) is 1.13. The molecule has 184 valence electrons. The maximum absolute atomic E-state index is 11.5. The highest BCUT2D eigenvalue weighted by Crippen LogP contribution is 2.36. The SMILES string of the molecule is C#Cc1cc(-c2ncnc3cc(OCc4ccnc(CS(C)(=O)=O)n4)ccc23)cc(Cl)c1OCCCl. The van der Waals surface area contributed by atoms with Gasteiger partial charge in [-0.25, -0.2) is 28.4 Å². The second-order valence-corrected chi connectivity index (χ2v) is 10.7. The highest BCUT2D eigenvalue weighted by Gasteiger charge is 2.15. The number of nitrogens with zero attached hydrogens (tertiary/aromatic N) is 4. The average molecular weight is 543 g/mol. The average Bonchev–Trinajstić information content (AvgIpc) is 2.85. The molecule has 2 aromatic carbocycles. The zero-order valence-corrected chi connectivity index (χ0v) is 21.4. The van der Waals surface area contributed by atoms with Gasteiger partial charge < -0.3 is 9.47 Å². The predicted octanol–water partition coefficient (Wildman–Crippen LogP) is 4.46. The van der Waals surface area contributed by atoms with Crippen LogP contribution in [0.3, 0.4) is 0 Å². The summed E-state index contributed by atoms with van der Waals surface area (Å²) >= 11 is 12.2. The molecule has 0 saturated carbocycles. The lowest BCUT2D eigenvalue weighted by atomic mass is 10.0. The Kier molecular flexibility index (Phi) is 7.89. The second-order valence-electron chi connectivity index (χ2n) is 7.74. The van der Waals surface area contributed by atoms with Crippen LogP contribution in [0, 0.1) is 12.3 Å². The Morgan fingerprint density at radius 2 is 1.92 bits per heavy atom. The van der Waals surface area contributed by atoms with Crippen molar-refractivity contribution in [2.45, 2.75) is 12.4 Å². The summed E-state index contributed by atoms with van der Waals surface area (Å²) < 4.78 is 34.5. The molecule has 0 amide bonds. The third-order valence-electron chi connectivity index (χ3n) is 4.95. The molecule has 0 N–H and O–H groups in total. The highest BCUT2D eigenvalue weighted by molar-refractivity contribution is 7.89. The fourth-order valence-corrected chi connectivity index (χ4v) is 4.42. The van der Waals surface area contributed by atoms with Gasteiger partial charge in [-0.3, -0.25) is 0 Å². The molecule has 0 aliphatic rings. The molecule has 2 aromatic heterocycles. The molecule has 4 aromatic rings. The molecule has 0 unspecified atom stereocenters. The van der Waals surface area contributed by atoms with E-state index in [0.717, 1.165) is 11.6 Å². The number of terminal acetylenes is 1. The zero-order chi connectivity index (χ0) is 25.7. The van der Waals surface area contributed by atoms with E-state index in [1.54, 1.807) is 30.3 Å². The number of halogens is 2. The predicted molar refractivity (Wildman–Crippen MR) is 139 cm³/mol. The van der Waals surface area contributed by atoms with Crippen LogP contribution in [0.1, 0.15) is 17.1 Å². The molecule has 0 aliphatic carbocycles. The quantitative estimate of drug-likeness (QED) is 0.225. The number of hydrogen-bond donors (Lipinski definition) is 0. The molecule has 11 heteroatoms. The van der Waals surface area contributed by atoms with Crippen molar-refractivity contribution in [3.8, 4) is 35.1 Å². The van der Waals surface area contributed by atoms with Crippen LogP contribution in [0.5, 0.6) is 11.5 Å². The van der Waals surface area contributed by atoms with E-state index in [-0.39, 0.29) is 24.8 Å². The molecule has 4 rings (SSSR count). The highest BCUT2D eigenvalue weighted by atomic mass is 35.5. The largest absolute Gasteiger partial charge is 0.489 e. The van der Waals surface area contributed by atoms with Gasteiger partial charge in [0.1, 0.15) is 36.9 Å². The normalized spacial score (nSPS) is 11.3. The summed E-state index contributed by atoms with van der Waals surface area (Å²) in [4.78, 5) is 17.1. The van der Waals surface area contributed by atoms with Gasteiger partial charge in [-0.05, 0) is 30.3 Å². The van der Waals surface area contributed by atoms with Gasteiger partial charge in [-0.1, -0.05) is 17.5 Å². The van der Waals surface area contributed by atoms with E-state index >= 15 is 0 Å². The van der Waals surface area contributed by atoms with Crippen LogP contribution in [-0.4, -0.2) is 47.1 Å². The summed E-state index contributed by atoms with van der Waals surface area (Å²) in [5.41, 5.74) is 3.06. The van der Waals surface area contributed by atoms with E-state index in [1.165, 1.54) is 12.5 Å². The standard InChI is InChI=1S/C25H20Cl2N4O4S/c1-3-16-10-17(11-21(27)25(16)34-9-7-26)24-20-5-4-19(12-22(20)29-15-30-24)35-13-18-6-8-28-23(31-18)14-36(2,32)33/h1,4-6,8,10-12,15H,7,9,13-14H2,2H3. The smallest absolute Gasteiger partial charge is 0.154 e. The lowest BCUT2D eigenvalue weighted by molar-refractivity contribution is 0.301. The summed E-state index contributed by atoms with van der Waals surface area (Å²) in [6.45, 7) is 0.413. The summed E-state index contributed by atoms with van der Waals surface area (Å²) in [6.07, 6.45) is 9.77. The van der Waals surface area contributed by atoms with E-state index in [4.69, 9.17) is 39.1 Å².